The summed E-state index contributed by atoms with van der Waals surface area (Å²) in [6.07, 6.45) is 3.22. The van der Waals surface area contributed by atoms with Gasteiger partial charge in [0.05, 0.1) is 24.3 Å². The van der Waals surface area contributed by atoms with Crippen LogP contribution in [0.2, 0.25) is 0 Å². The predicted molar refractivity (Wildman–Crippen MR) is 96.7 cm³/mol. The van der Waals surface area contributed by atoms with Crippen LogP contribution in [0.3, 0.4) is 0 Å². The van der Waals surface area contributed by atoms with Crippen molar-refractivity contribution in [3.63, 3.8) is 0 Å². The molecule has 2 aromatic heterocycles. The van der Waals surface area contributed by atoms with Crippen LogP contribution in [-0.2, 0) is 14.3 Å². The van der Waals surface area contributed by atoms with E-state index in [2.05, 4.69) is 20.3 Å². The molecule has 0 aromatic carbocycles. The van der Waals surface area contributed by atoms with E-state index in [1.165, 1.54) is 0 Å². The largest absolute Gasteiger partial charge is 0.462 e. The molecule has 0 atom stereocenters. The van der Waals surface area contributed by atoms with Crippen LogP contribution >= 0.6 is 0 Å². The summed E-state index contributed by atoms with van der Waals surface area (Å²) in [5, 5.41) is 2.87. The first-order chi connectivity index (χ1) is 12.9. The maximum absolute atomic E-state index is 12.3. The molecular weight excluding hydrogens is 352 g/mol. The Bertz CT molecular complexity index is 817. The van der Waals surface area contributed by atoms with Gasteiger partial charge in [-0.15, -0.1) is 0 Å². The second-order valence-electron chi connectivity index (χ2n) is 5.68. The lowest BCUT2D eigenvalue weighted by molar-refractivity contribution is -0.142. The normalized spacial score (nSPS) is 10.3. The Labute approximate surface area is 156 Å². The molecule has 2 heterocycles. The zero-order valence-corrected chi connectivity index (χ0v) is 15.5. The first-order valence-electron chi connectivity index (χ1n) is 8.50. The van der Waals surface area contributed by atoms with Gasteiger partial charge < -0.3 is 19.8 Å². The Morgan fingerprint density at radius 3 is 2.52 bits per heavy atom. The molecule has 27 heavy (non-hydrogen) atoms. The molecule has 2 rings (SSSR count). The second-order valence-corrected chi connectivity index (χ2v) is 5.68. The van der Waals surface area contributed by atoms with E-state index in [-0.39, 0.29) is 25.3 Å². The molecular formula is C18H22N4O5. The SMILES string of the molecule is CCOC(=O)c1c(C)[nH]c(C(=O)COC(=O)CCNc2ncccn2)c1C. The molecule has 0 amide bonds. The minimum atomic E-state index is -0.529. The molecule has 0 aliphatic heterocycles. The van der Waals surface area contributed by atoms with Crippen molar-refractivity contribution in [1.82, 2.24) is 15.0 Å². The molecule has 0 radical (unpaired) electrons. The quantitative estimate of drug-likeness (QED) is 0.503. The van der Waals surface area contributed by atoms with Crippen molar-refractivity contribution >= 4 is 23.7 Å². The van der Waals surface area contributed by atoms with E-state index in [4.69, 9.17) is 9.47 Å². The molecule has 9 nitrogen and oxygen atoms in total. The minimum absolute atomic E-state index is 0.0579. The number of nitrogens with one attached hydrogen (secondary N) is 2. The van der Waals surface area contributed by atoms with E-state index in [0.717, 1.165) is 0 Å². The fraction of sp³-hybridized carbons (Fsp3) is 0.389. The first-order valence-corrected chi connectivity index (χ1v) is 8.50. The number of hydrogen-bond donors (Lipinski definition) is 2. The lowest BCUT2D eigenvalue weighted by Crippen LogP contribution is -2.18. The van der Waals surface area contributed by atoms with Gasteiger partial charge in [-0.2, -0.15) is 0 Å². The Morgan fingerprint density at radius 1 is 1.15 bits per heavy atom. The summed E-state index contributed by atoms with van der Waals surface area (Å²) < 4.78 is 9.99. The van der Waals surface area contributed by atoms with Crippen molar-refractivity contribution in [3.8, 4) is 0 Å². The number of nitrogens with zero attached hydrogens (tertiary/aromatic N) is 2. The maximum Gasteiger partial charge on any atom is 0.340 e. The molecule has 2 aromatic rings. The van der Waals surface area contributed by atoms with Gasteiger partial charge in [0.2, 0.25) is 11.7 Å². The molecule has 0 saturated heterocycles. The monoisotopic (exact) mass is 374 g/mol. The molecule has 0 saturated carbocycles. The van der Waals surface area contributed by atoms with Crippen molar-refractivity contribution in [1.29, 1.82) is 0 Å². The van der Waals surface area contributed by atoms with Gasteiger partial charge in [-0.05, 0) is 32.4 Å². The van der Waals surface area contributed by atoms with Crippen LogP contribution in [0.1, 0.15) is 45.4 Å². The van der Waals surface area contributed by atoms with Gasteiger partial charge in [0.15, 0.2) is 6.61 Å². The molecule has 0 bridgehead atoms. The molecule has 0 aliphatic carbocycles. The van der Waals surface area contributed by atoms with Crippen LogP contribution < -0.4 is 5.32 Å². The highest BCUT2D eigenvalue weighted by atomic mass is 16.5. The number of carbonyl (C=O) groups is 3. The molecule has 0 unspecified atom stereocenters. The maximum atomic E-state index is 12.3. The highest BCUT2D eigenvalue weighted by Crippen LogP contribution is 2.19. The van der Waals surface area contributed by atoms with Crippen molar-refractivity contribution in [3.05, 3.63) is 41.0 Å². The number of ether oxygens (including phenoxy) is 2. The van der Waals surface area contributed by atoms with E-state index in [0.29, 0.717) is 22.8 Å². The van der Waals surface area contributed by atoms with Gasteiger partial charge in [0, 0.05) is 24.6 Å². The van der Waals surface area contributed by atoms with Gasteiger partial charge in [0.25, 0.3) is 0 Å². The van der Waals surface area contributed by atoms with Crippen molar-refractivity contribution in [2.45, 2.75) is 27.2 Å². The molecule has 2 N–H and O–H groups in total. The van der Waals surface area contributed by atoms with Crippen LogP contribution in [0.25, 0.3) is 0 Å². The summed E-state index contributed by atoms with van der Waals surface area (Å²) in [5.74, 6) is -1.03. The zero-order valence-electron chi connectivity index (χ0n) is 15.5. The zero-order chi connectivity index (χ0) is 19.8. The van der Waals surface area contributed by atoms with Crippen LogP contribution in [0.5, 0.6) is 0 Å². The van der Waals surface area contributed by atoms with E-state index in [1.54, 1.807) is 39.2 Å². The van der Waals surface area contributed by atoms with E-state index < -0.39 is 24.3 Å². The Hall–Kier alpha value is -3.23. The number of rotatable bonds is 9. The van der Waals surface area contributed by atoms with Gasteiger partial charge in [-0.3, -0.25) is 9.59 Å². The summed E-state index contributed by atoms with van der Waals surface area (Å²) in [5.41, 5.74) is 1.58. The second kappa shape index (κ2) is 9.46. The Morgan fingerprint density at radius 2 is 1.85 bits per heavy atom. The number of aromatic amines is 1. The number of esters is 2. The number of anilines is 1. The standard InChI is InChI=1S/C18H22N4O5/c1-4-26-17(25)15-11(2)16(22-12(15)3)13(23)10-27-14(24)6-9-21-18-19-7-5-8-20-18/h5,7-8,22H,4,6,9-10H2,1-3H3,(H,19,20,21). The fourth-order valence-corrected chi connectivity index (χ4v) is 2.50. The Balaban J connectivity index is 1.85. The van der Waals surface area contributed by atoms with Crippen LogP contribution in [0.4, 0.5) is 5.95 Å². The third-order valence-electron chi connectivity index (χ3n) is 3.74. The molecule has 9 heteroatoms. The van der Waals surface area contributed by atoms with Gasteiger partial charge in [-0.25, -0.2) is 14.8 Å². The van der Waals surface area contributed by atoms with Crippen LogP contribution in [0, 0.1) is 13.8 Å². The number of hydrogen-bond acceptors (Lipinski definition) is 8. The summed E-state index contributed by atoms with van der Waals surface area (Å²) in [6, 6.07) is 1.68. The highest BCUT2D eigenvalue weighted by Gasteiger charge is 2.23. The number of ketones is 1. The fourth-order valence-electron chi connectivity index (χ4n) is 2.50. The molecule has 0 spiro atoms. The average molecular weight is 374 g/mol. The lowest BCUT2D eigenvalue weighted by atomic mass is 10.1. The van der Waals surface area contributed by atoms with Crippen LogP contribution in [0.15, 0.2) is 18.5 Å². The highest BCUT2D eigenvalue weighted by molar-refractivity contribution is 6.02. The topological polar surface area (TPSA) is 123 Å². The van der Waals surface area contributed by atoms with Crippen LogP contribution in [-0.4, -0.2) is 52.4 Å². The molecule has 0 aliphatic rings. The van der Waals surface area contributed by atoms with Gasteiger partial charge in [-0.1, -0.05) is 0 Å². The number of Topliss-reactive ketones (excluding diaryl/α,β-unsaturated/α-hetero) is 1. The third kappa shape index (κ3) is 5.37. The smallest absolute Gasteiger partial charge is 0.340 e. The molecule has 144 valence electrons. The van der Waals surface area contributed by atoms with E-state index in [9.17, 15) is 14.4 Å². The molecule has 0 fully saturated rings. The summed E-state index contributed by atoms with van der Waals surface area (Å²) in [4.78, 5) is 46.9. The van der Waals surface area contributed by atoms with Crippen molar-refractivity contribution in [2.75, 3.05) is 25.1 Å². The van der Waals surface area contributed by atoms with Gasteiger partial charge >= 0.3 is 11.9 Å². The Kier molecular flexibility index (Phi) is 7.04. The third-order valence-corrected chi connectivity index (χ3v) is 3.74. The number of aryl methyl sites for hydroxylation is 1. The average Bonchev–Trinajstić information content (AvgIpc) is 2.95. The number of H-pyrrole nitrogens is 1. The summed E-state index contributed by atoms with van der Waals surface area (Å²) in [6.45, 7) is 5.15. The number of aromatic nitrogens is 3. The van der Waals surface area contributed by atoms with Crippen molar-refractivity contribution in [2.24, 2.45) is 0 Å². The predicted octanol–water partition coefficient (Wildman–Crippen LogP) is 1.83. The first kappa shape index (κ1) is 20.1. The van der Waals surface area contributed by atoms with E-state index in [1.807, 2.05) is 0 Å². The number of carbonyl (C=O) groups excluding carboxylic acids is 3. The minimum Gasteiger partial charge on any atom is -0.462 e. The van der Waals surface area contributed by atoms with Crippen molar-refractivity contribution < 1.29 is 23.9 Å². The summed E-state index contributed by atoms with van der Waals surface area (Å²) >= 11 is 0. The van der Waals surface area contributed by atoms with E-state index >= 15 is 0 Å². The van der Waals surface area contributed by atoms with Gasteiger partial charge in [0.1, 0.15) is 0 Å². The lowest BCUT2D eigenvalue weighted by Gasteiger charge is -2.06. The summed E-state index contributed by atoms with van der Waals surface area (Å²) in [7, 11) is 0.